The number of carbonyl (C=O) groups is 1. The van der Waals surface area contributed by atoms with Gasteiger partial charge in [0.2, 0.25) is 11.8 Å². The molecule has 0 saturated carbocycles. The average molecular weight is 621 g/mol. The number of hydrogen-bond donors (Lipinski definition) is 3. The van der Waals surface area contributed by atoms with Crippen molar-refractivity contribution in [3.8, 4) is 22.9 Å². The fourth-order valence-corrected chi connectivity index (χ4v) is 5.14. The maximum atomic E-state index is 12.9. The van der Waals surface area contributed by atoms with E-state index in [0.29, 0.717) is 47.6 Å². The zero-order valence-corrected chi connectivity index (χ0v) is 25.8. The molecule has 12 heteroatoms. The molecule has 5 rings (SSSR count). The molecule has 3 N–H and O–H groups in total. The first-order valence-electron chi connectivity index (χ1n) is 14.9. The topological polar surface area (TPSA) is 122 Å². The summed E-state index contributed by atoms with van der Waals surface area (Å²) in [6.07, 6.45) is 0.00224. The van der Waals surface area contributed by atoms with Gasteiger partial charge in [0.1, 0.15) is 17.5 Å². The lowest BCUT2D eigenvalue weighted by molar-refractivity contribution is 0.00386. The summed E-state index contributed by atoms with van der Waals surface area (Å²) >= 11 is 0. The molecule has 1 aliphatic rings. The van der Waals surface area contributed by atoms with Crippen LogP contribution in [-0.4, -0.2) is 74.9 Å². The van der Waals surface area contributed by atoms with Crippen molar-refractivity contribution in [3.05, 3.63) is 66.5 Å². The van der Waals surface area contributed by atoms with Crippen LogP contribution in [0.3, 0.4) is 0 Å². The summed E-state index contributed by atoms with van der Waals surface area (Å²) in [4.78, 5) is 28.0. The van der Waals surface area contributed by atoms with Gasteiger partial charge < -0.3 is 30.1 Å². The third kappa shape index (κ3) is 7.93. The number of ether oxygens (including phenoxy) is 2. The summed E-state index contributed by atoms with van der Waals surface area (Å²) in [5.41, 5.74) is 2.12. The number of aliphatic hydroxyl groups excluding tert-OH is 1. The van der Waals surface area contributed by atoms with Crippen LogP contribution in [-0.2, 0) is 4.74 Å². The smallest absolute Gasteiger partial charge is 0.410 e. The van der Waals surface area contributed by atoms with Gasteiger partial charge in [-0.1, -0.05) is 24.3 Å². The third-order valence-corrected chi connectivity index (χ3v) is 7.31. The number of aliphatic hydroxyl groups is 1. The van der Waals surface area contributed by atoms with Crippen LogP contribution < -0.4 is 15.4 Å². The Balaban J connectivity index is 1.37. The molecule has 4 aromatic rings. The maximum absolute atomic E-state index is 12.9. The molecule has 1 amide bonds. The lowest BCUT2D eigenvalue weighted by Crippen LogP contribution is -2.47. The van der Waals surface area contributed by atoms with Crippen LogP contribution in [0.1, 0.15) is 39.2 Å². The van der Waals surface area contributed by atoms with E-state index in [1.807, 2.05) is 52.0 Å². The number of benzene rings is 2. The summed E-state index contributed by atoms with van der Waals surface area (Å²) < 4.78 is 37.7. The van der Waals surface area contributed by atoms with Crippen molar-refractivity contribution in [1.29, 1.82) is 0 Å². The van der Waals surface area contributed by atoms with E-state index < -0.39 is 18.1 Å². The van der Waals surface area contributed by atoms with E-state index in [9.17, 15) is 18.7 Å². The van der Waals surface area contributed by atoms with Crippen LogP contribution in [0.15, 0.2) is 60.9 Å². The molecule has 1 saturated heterocycles. The summed E-state index contributed by atoms with van der Waals surface area (Å²) in [7, 11) is 0. The van der Waals surface area contributed by atoms with Gasteiger partial charge in [-0.2, -0.15) is 0 Å². The van der Waals surface area contributed by atoms with E-state index >= 15 is 0 Å². The highest BCUT2D eigenvalue weighted by Crippen LogP contribution is 2.38. The molecule has 2 atom stereocenters. The molecule has 2 aromatic carbocycles. The molecule has 10 nitrogen and oxygen atoms in total. The molecule has 1 fully saturated rings. The zero-order chi connectivity index (χ0) is 32.1. The van der Waals surface area contributed by atoms with Crippen molar-refractivity contribution in [3.63, 3.8) is 0 Å². The van der Waals surface area contributed by atoms with Gasteiger partial charge in [0.15, 0.2) is 0 Å². The molecule has 0 bridgehead atoms. The third-order valence-electron chi connectivity index (χ3n) is 7.31. The van der Waals surface area contributed by atoms with Crippen molar-refractivity contribution < 1.29 is 28.2 Å². The molecular formula is C33H38F2N6O4. The van der Waals surface area contributed by atoms with Crippen molar-refractivity contribution in [1.82, 2.24) is 19.9 Å². The number of halogens is 2. The number of hydrogen-bond acceptors (Lipinski definition) is 9. The number of nitrogens with zero attached hydrogens (tertiary/aromatic N) is 4. The minimum atomic E-state index is -2.84. The van der Waals surface area contributed by atoms with Gasteiger partial charge in [0, 0.05) is 54.5 Å². The van der Waals surface area contributed by atoms with Crippen LogP contribution in [0.2, 0.25) is 0 Å². The fourth-order valence-electron chi connectivity index (χ4n) is 5.14. The van der Waals surface area contributed by atoms with E-state index in [1.54, 1.807) is 41.6 Å². The number of aromatic nitrogens is 3. The first-order valence-corrected chi connectivity index (χ1v) is 14.9. The van der Waals surface area contributed by atoms with Gasteiger partial charge in [-0.25, -0.2) is 28.5 Å². The Morgan fingerprint density at radius 2 is 1.91 bits per heavy atom. The minimum Gasteiger partial charge on any atom is -0.444 e. The number of alkyl halides is 2. The number of likely N-dealkylation sites (tertiary alicyclic amines) is 1. The number of amides is 1. The fraction of sp³-hybridized carbons (Fsp3) is 0.394. The second kappa shape index (κ2) is 13.6. The second-order valence-electron chi connectivity index (χ2n) is 12.0. The summed E-state index contributed by atoms with van der Waals surface area (Å²) in [6.45, 7) is 8.27. The predicted molar refractivity (Wildman–Crippen MR) is 169 cm³/mol. The molecule has 1 aliphatic heterocycles. The van der Waals surface area contributed by atoms with Crippen LogP contribution in [0.4, 0.5) is 25.2 Å². The van der Waals surface area contributed by atoms with Crippen LogP contribution in [0.25, 0.3) is 22.0 Å². The predicted octanol–water partition coefficient (Wildman–Crippen LogP) is 6.64. The van der Waals surface area contributed by atoms with Gasteiger partial charge >= 0.3 is 6.09 Å². The highest BCUT2D eigenvalue weighted by atomic mass is 19.3. The van der Waals surface area contributed by atoms with Crippen LogP contribution in [0.5, 0.6) is 11.6 Å². The average Bonchev–Trinajstić information content (AvgIpc) is 3.00. The lowest BCUT2D eigenvalue weighted by Gasteiger charge is -2.34. The number of piperidine rings is 1. The van der Waals surface area contributed by atoms with E-state index in [-0.39, 0.29) is 18.7 Å². The monoisotopic (exact) mass is 620 g/mol. The van der Waals surface area contributed by atoms with E-state index in [2.05, 4.69) is 20.6 Å². The standard InChI is InChI=1S/C33H38F2N6O4/c1-20-12-13-22-23(9-5-11-25(22)38-18-27(42)29(34)35)28(20)44-30-24(10-6-15-36-30)26-14-16-37-31(40-26)39-21-8-7-17-41(19-21)32(43)45-33(2,3)4/h5-6,9-16,21,27,29,38,42H,7-8,17-19H2,1-4H3,(H,37,39,40)/t21?,27-/m0/s1. The highest BCUT2D eigenvalue weighted by molar-refractivity contribution is 5.98. The van der Waals surface area contributed by atoms with Crippen molar-refractivity contribution in [2.75, 3.05) is 30.3 Å². The summed E-state index contributed by atoms with van der Waals surface area (Å²) in [5.74, 6) is 1.31. The Hall–Kier alpha value is -4.58. The molecule has 0 spiro atoms. The van der Waals surface area contributed by atoms with E-state index in [4.69, 9.17) is 14.5 Å². The molecule has 238 valence electrons. The number of carbonyl (C=O) groups excluding carboxylic acids is 1. The first-order chi connectivity index (χ1) is 21.5. The second-order valence-corrected chi connectivity index (χ2v) is 12.0. The quantitative estimate of drug-likeness (QED) is 0.189. The van der Waals surface area contributed by atoms with Gasteiger partial charge in [-0.05, 0) is 70.4 Å². The van der Waals surface area contributed by atoms with E-state index in [0.717, 1.165) is 29.2 Å². The normalized spacial score (nSPS) is 16.0. The van der Waals surface area contributed by atoms with Crippen molar-refractivity contribution >= 4 is 28.5 Å². The Morgan fingerprint density at radius 1 is 1.09 bits per heavy atom. The van der Waals surface area contributed by atoms with Crippen LogP contribution >= 0.6 is 0 Å². The van der Waals surface area contributed by atoms with Gasteiger partial charge in [-0.3, -0.25) is 0 Å². The van der Waals surface area contributed by atoms with Crippen molar-refractivity contribution in [2.45, 2.75) is 64.7 Å². The molecule has 1 unspecified atom stereocenters. The molecular weight excluding hydrogens is 582 g/mol. The molecule has 45 heavy (non-hydrogen) atoms. The Bertz CT molecular complexity index is 1650. The Morgan fingerprint density at radius 3 is 2.69 bits per heavy atom. The van der Waals surface area contributed by atoms with E-state index in [1.165, 1.54) is 0 Å². The number of nitrogens with one attached hydrogen (secondary N) is 2. The molecule has 0 aliphatic carbocycles. The number of rotatable bonds is 9. The van der Waals surface area contributed by atoms with Crippen molar-refractivity contribution in [2.24, 2.45) is 0 Å². The summed E-state index contributed by atoms with van der Waals surface area (Å²) in [6, 6.07) is 14.6. The zero-order valence-electron chi connectivity index (χ0n) is 25.8. The van der Waals surface area contributed by atoms with Gasteiger partial charge in [-0.15, -0.1) is 0 Å². The number of pyridine rings is 1. The van der Waals surface area contributed by atoms with Gasteiger partial charge in [0.25, 0.3) is 6.43 Å². The lowest BCUT2D eigenvalue weighted by atomic mass is 10.0. The van der Waals surface area contributed by atoms with Gasteiger partial charge in [0.05, 0.1) is 11.3 Å². The maximum Gasteiger partial charge on any atom is 0.410 e. The summed E-state index contributed by atoms with van der Waals surface area (Å²) in [5, 5.41) is 17.4. The van der Waals surface area contributed by atoms with Crippen LogP contribution in [0, 0.1) is 6.92 Å². The molecule has 2 aromatic heterocycles. The Labute approximate surface area is 260 Å². The number of aryl methyl sites for hydroxylation is 1. The Kier molecular flexibility index (Phi) is 9.62. The molecule has 0 radical (unpaired) electrons. The minimum absolute atomic E-state index is 0.0471. The number of fused-ring (bicyclic) bond motifs is 1. The largest absolute Gasteiger partial charge is 0.444 e. The highest BCUT2D eigenvalue weighted by Gasteiger charge is 2.28. The number of anilines is 2. The SMILES string of the molecule is Cc1ccc2c(NC[C@H](O)C(F)F)cccc2c1Oc1ncccc1-c1ccnc(NC2CCCN(C(=O)OC(C)(C)C)C2)n1. The first kappa shape index (κ1) is 31.8. The molecule has 3 heterocycles.